The van der Waals surface area contributed by atoms with Crippen molar-refractivity contribution in [3.63, 3.8) is 0 Å². The van der Waals surface area contributed by atoms with Crippen LogP contribution in [-0.4, -0.2) is 30.3 Å². The van der Waals surface area contributed by atoms with Crippen LogP contribution in [0.5, 0.6) is 11.5 Å². The molecule has 0 radical (unpaired) electrons. The third-order valence-electron chi connectivity index (χ3n) is 3.83. The van der Waals surface area contributed by atoms with Gasteiger partial charge < -0.3 is 13.9 Å². The number of aromatic nitrogens is 2. The lowest BCUT2D eigenvalue weighted by atomic mass is 10.1. The molecule has 0 unspecified atom stereocenters. The number of amides is 1. The summed E-state index contributed by atoms with van der Waals surface area (Å²) in [6.45, 7) is 1.93. The molecule has 0 aliphatic heterocycles. The maximum atomic E-state index is 12.2. The van der Waals surface area contributed by atoms with Crippen LogP contribution in [0.2, 0.25) is 0 Å². The lowest BCUT2D eigenvalue weighted by Crippen LogP contribution is -2.14. The number of ether oxygens (including phenoxy) is 2. The van der Waals surface area contributed by atoms with Crippen molar-refractivity contribution in [2.24, 2.45) is 0 Å². The molecule has 3 rings (SSSR count). The van der Waals surface area contributed by atoms with Crippen molar-refractivity contribution >= 4 is 11.9 Å². The Morgan fingerprint density at radius 3 is 2.50 bits per heavy atom. The number of methoxy groups -OCH3 is 2. The molecule has 0 saturated heterocycles. The maximum absolute atomic E-state index is 12.2. The molecule has 0 bridgehead atoms. The zero-order chi connectivity index (χ0) is 18.5. The largest absolute Gasteiger partial charge is 0.497 e. The van der Waals surface area contributed by atoms with E-state index in [9.17, 15) is 4.79 Å². The highest BCUT2D eigenvalue weighted by Gasteiger charge is 2.12. The van der Waals surface area contributed by atoms with Crippen LogP contribution in [0, 0.1) is 6.92 Å². The van der Waals surface area contributed by atoms with Gasteiger partial charge in [0, 0.05) is 5.56 Å². The van der Waals surface area contributed by atoms with Gasteiger partial charge in [0.15, 0.2) is 0 Å². The minimum absolute atomic E-state index is 0.0612. The minimum Gasteiger partial charge on any atom is -0.497 e. The third kappa shape index (κ3) is 4.00. The van der Waals surface area contributed by atoms with Gasteiger partial charge in [-0.3, -0.25) is 10.1 Å². The Kier molecular flexibility index (Phi) is 5.17. The minimum atomic E-state index is -0.237. The lowest BCUT2D eigenvalue weighted by Gasteiger charge is -2.07. The Balaban J connectivity index is 1.64. The summed E-state index contributed by atoms with van der Waals surface area (Å²) in [6.07, 6.45) is 0.199. The highest BCUT2D eigenvalue weighted by atomic mass is 16.5. The molecule has 1 aromatic heterocycles. The fourth-order valence-electron chi connectivity index (χ4n) is 2.52. The van der Waals surface area contributed by atoms with Gasteiger partial charge in [0.1, 0.15) is 11.5 Å². The lowest BCUT2D eigenvalue weighted by molar-refractivity contribution is -0.115. The summed E-state index contributed by atoms with van der Waals surface area (Å²) >= 11 is 0. The molecular weight excluding hydrogens is 334 g/mol. The van der Waals surface area contributed by atoms with E-state index in [4.69, 9.17) is 13.9 Å². The number of aryl methyl sites for hydroxylation is 1. The first-order chi connectivity index (χ1) is 12.6. The van der Waals surface area contributed by atoms with Crippen LogP contribution < -0.4 is 14.8 Å². The highest BCUT2D eigenvalue weighted by Crippen LogP contribution is 2.23. The Hall–Kier alpha value is -3.35. The standard InChI is InChI=1S/C19H19N3O4/c1-12-10-13(4-9-16(12)25-3)11-17(23)20-19-22-21-18(26-19)14-5-7-15(24-2)8-6-14/h4-10H,11H2,1-3H3,(H,20,22,23). The number of hydrogen-bond acceptors (Lipinski definition) is 6. The van der Waals surface area contributed by atoms with Crippen molar-refractivity contribution in [3.05, 3.63) is 53.6 Å². The zero-order valence-corrected chi connectivity index (χ0v) is 14.8. The van der Waals surface area contributed by atoms with Gasteiger partial charge in [-0.05, 0) is 48.4 Å². The summed E-state index contributed by atoms with van der Waals surface area (Å²) < 4.78 is 15.8. The van der Waals surface area contributed by atoms with Gasteiger partial charge in [-0.15, -0.1) is 5.10 Å². The molecule has 0 aliphatic carbocycles. The third-order valence-corrected chi connectivity index (χ3v) is 3.83. The van der Waals surface area contributed by atoms with Gasteiger partial charge in [-0.1, -0.05) is 17.2 Å². The summed E-state index contributed by atoms with van der Waals surface area (Å²) in [5.74, 6) is 1.61. The number of nitrogens with one attached hydrogen (secondary N) is 1. The predicted octanol–water partition coefficient (Wildman–Crippen LogP) is 3.24. The van der Waals surface area contributed by atoms with Crippen LogP contribution >= 0.6 is 0 Å². The summed E-state index contributed by atoms with van der Waals surface area (Å²) in [6, 6.07) is 12.9. The second kappa shape index (κ2) is 7.69. The molecule has 134 valence electrons. The first kappa shape index (κ1) is 17.5. The second-order valence-corrected chi connectivity index (χ2v) is 5.67. The van der Waals surface area contributed by atoms with Crippen LogP contribution in [-0.2, 0) is 11.2 Å². The van der Waals surface area contributed by atoms with E-state index >= 15 is 0 Å². The first-order valence-corrected chi connectivity index (χ1v) is 8.00. The fourth-order valence-corrected chi connectivity index (χ4v) is 2.52. The molecule has 0 aliphatic rings. The number of rotatable bonds is 6. The first-order valence-electron chi connectivity index (χ1n) is 8.00. The number of carbonyl (C=O) groups excluding carboxylic acids is 1. The monoisotopic (exact) mass is 353 g/mol. The average Bonchev–Trinajstić information content (AvgIpc) is 3.10. The van der Waals surface area contributed by atoms with E-state index in [1.54, 1.807) is 38.5 Å². The predicted molar refractivity (Wildman–Crippen MR) is 96.4 cm³/mol. The quantitative estimate of drug-likeness (QED) is 0.732. The summed E-state index contributed by atoms with van der Waals surface area (Å²) in [4.78, 5) is 12.2. The number of anilines is 1. The van der Waals surface area contributed by atoms with Gasteiger partial charge in [0.25, 0.3) is 0 Å². The topological polar surface area (TPSA) is 86.5 Å². The summed E-state index contributed by atoms with van der Waals surface area (Å²) in [5.41, 5.74) is 2.58. The fraction of sp³-hybridized carbons (Fsp3) is 0.211. The molecule has 0 spiro atoms. The summed E-state index contributed by atoms with van der Waals surface area (Å²) in [5, 5.41) is 10.4. The Morgan fingerprint density at radius 2 is 1.85 bits per heavy atom. The van der Waals surface area contributed by atoms with Crippen LogP contribution in [0.15, 0.2) is 46.9 Å². The van der Waals surface area contributed by atoms with E-state index in [0.717, 1.165) is 28.2 Å². The number of hydrogen-bond donors (Lipinski definition) is 1. The van der Waals surface area contributed by atoms with Crippen molar-refractivity contribution in [2.75, 3.05) is 19.5 Å². The van der Waals surface area contributed by atoms with E-state index in [1.165, 1.54) is 0 Å². The van der Waals surface area contributed by atoms with Gasteiger partial charge in [0.05, 0.1) is 20.6 Å². The highest BCUT2D eigenvalue weighted by molar-refractivity contribution is 5.90. The molecule has 7 heteroatoms. The molecule has 3 aromatic rings. The van der Waals surface area contributed by atoms with E-state index in [1.807, 2.05) is 25.1 Å². The van der Waals surface area contributed by atoms with Gasteiger partial charge in [-0.2, -0.15) is 0 Å². The SMILES string of the molecule is COc1ccc(-c2nnc(NC(=O)Cc3ccc(OC)c(C)c3)o2)cc1. The molecule has 0 atom stereocenters. The smallest absolute Gasteiger partial charge is 0.322 e. The molecule has 1 N–H and O–H groups in total. The van der Waals surface area contributed by atoms with Crippen molar-refractivity contribution in [1.82, 2.24) is 10.2 Å². The number of nitrogens with zero attached hydrogens (tertiary/aromatic N) is 2. The van der Waals surface area contributed by atoms with E-state index in [-0.39, 0.29) is 18.3 Å². The van der Waals surface area contributed by atoms with Gasteiger partial charge in [-0.25, -0.2) is 0 Å². The normalized spacial score (nSPS) is 10.4. The van der Waals surface area contributed by atoms with Crippen molar-refractivity contribution in [2.45, 2.75) is 13.3 Å². The van der Waals surface area contributed by atoms with Crippen molar-refractivity contribution in [1.29, 1.82) is 0 Å². The van der Waals surface area contributed by atoms with Crippen molar-refractivity contribution < 1.29 is 18.7 Å². The molecular formula is C19H19N3O4. The molecule has 1 amide bonds. The van der Waals surface area contributed by atoms with Crippen LogP contribution in [0.25, 0.3) is 11.5 Å². The average molecular weight is 353 g/mol. The van der Waals surface area contributed by atoms with E-state index in [2.05, 4.69) is 15.5 Å². The van der Waals surface area contributed by atoms with Gasteiger partial charge in [0.2, 0.25) is 11.8 Å². The van der Waals surface area contributed by atoms with Gasteiger partial charge >= 0.3 is 6.01 Å². The molecule has 0 fully saturated rings. The second-order valence-electron chi connectivity index (χ2n) is 5.67. The van der Waals surface area contributed by atoms with E-state index < -0.39 is 0 Å². The van der Waals surface area contributed by atoms with Crippen LogP contribution in [0.3, 0.4) is 0 Å². The molecule has 26 heavy (non-hydrogen) atoms. The van der Waals surface area contributed by atoms with Crippen molar-refractivity contribution in [3.8, 4) is 23.0 Å². The summed E-state index contributed by atoms with van der Waals surface area (Å²) in [7, 11) is 3.21. The van der Waals surface area contributed by atoms with Crippen LogP contribution in [0.4, 0.5) is 6.01 Å². The Bertz CT molecular complexity index is 903. The molecule has 7 nitrogen and oxygen atoms in total. The molecule has 1 heterocycles. The maximum Gasteiger partial charge on any atom is 0.322 e. The molecule has 0 saturated carbocycles. The zero-order valence-electron chi connectivity index (χ0n) is 14.8. The Labute approximate surface area is 151 Å². The number of carbonyl (C=O) groups is 1. The van der Waals surface area contributed by atoms with Crippen LogP contribution in [0.1, 0.15) is 11.1 Å². The molecule has 2 aromatic carbocycles. The Morgan fingerprint density at radius 1 is 1.08 bits per heavy atom. The number of benzene rings is 2. The van der Waals surface area contributed by atoms with E-state index in [0.29, 0.717) is 5.89 Å².